The van der Waals surface area contributed by atoms with Gasteiger partial charge in [-0.1, -0.05) is 18.2 Å². The van der Waals surface area contributed by atoms with E-state index in [0.29, 0.717) is 4.88 Å². The first kappa shape index (κ1) is 19.6. The van der Waals surface area contributed by atoms with Gasteiger partial charge in [-0.2, -0.15) is 5.10 Å². The number of hydrogen-bond donors (Lipinski definition) is 1. The molecular formula is C19H20N4O4S. The molecule has 0 atom stereocenters. The predicted octanol–water partition coefficient (Wildman–Crippen LogP) is 1.76. The number of aromatic nitrogens is 2. The van der Waals surface area contributed by atoms with Gasteiger partial charge >= 0.3 is 5.97 Å². The van der Waals surface area contributed by atoms with E-state index >= 15 is 0 Å². The zero-order chi connectivity index (χ0) is 20.3. The van der Waals surface area contributed by atoms with E-state index in [1.54, 1.807) is 10.7 Å². The van der Waals surface area contributed by atoms with Crippen LogP contribution in [0, 0.1) is 6.92 Å². The Kier molecular flexibility index (Phi) is 5.74. The number of benzene rings is 1. The van der Waals surface area contributed by atoms with Crippen LogP contribution in [0.25, 0.3) is 15.9 Å². The lowest BCUT2D eigenvalue weighted by molar-refractivity contribution is -0.137. The third kappa shape index (κ3) is 4.04. The molecule has 3 aromatic rings. The molecule has 0 saturated carbocycles. The highest BCUT2D eigenvalue weighted by Gasteiger charge is 2.20. The van der Waals surface area contributed by atoms with Gasteiger partial charge in [0.15, 0.2) is 6.61 Å². The molecule has 0 fully saturated rings. The highest BCUT2D eigenvalue weighted by Crippen LogP contribution is 2.30. The minimum Gasteiger partial charge on any atom is -0.451 e. The lowest BCUT2D eigenvalue weighted by Crippen LogP contribution is -2.39. The number of aryl methyl sites for hydroxylation is 1. The Labute approximate surface area is 165 Å². The van der Waals surface area contributed by atoms with E-state index in [1.165, 1.54) is 30.3 Å². The van der Waals surface area contributed by atoms with Gasteiger partial charge in [-0.15, -0.1) is 11.3 Å². The predicted molar refractivity (Wildman–Crippen MR) is 106 cm³/mol. The molecule has 1 N–H and O–H groups in total. The van der Waals surface area contributed by atoms with Gasteiger partial charge in [-0.25, -0.2) is 9.48 Å². The summed E-state index contributed by atoms with van der Waals surface area (Å²) in [6.07, 6.45) is 0. The smallest absolute Gasteiger partial charge is 0.348 e. The van der Waals surface area contributed by atoms with E-state index in [2.05, 4.69) is 10.4 Å². The molecule has 0 aliphatic carbocycles. The van der Waals surface area contributed by atoms with Gasteiger partial charge in [0, 0.05) is 19.5 Å². The highest BCUT2D eigenvalue weighted by molar-refractivity contribution is 7.20. The molecule has 1 aromatic carbocycles. The molecule has 8 nitrogen and oxygen atoms in total. The summed E-state index contributed by atoms with van der Waals surface area (Å²) in [5.41, 5.74) is 1.70. The summed E-state index contributed by atoms with van der Waals surface area (Å²) in [6.45, 7) is 1.35. The number of para-hydroxylation sites is 1. The van der Waals surface area contributed by atoms with E-state index in [4.69, 9.17) is 4.74 Å². The van der Waals surface area contributed by atoms with Crippen LogP contribution in [-0.2, 0) is 14.3 Å². The summed E-state index contributed by atoms with van der Waals surface area (Å²) in [6, 6.07) is 11.4. The fourth-order valence-electron chi connectivity index (χ4n) is 2.58. The van der Waals surface area contributed by atoms with Crippen LogP contribution in [0.5, 0.6) is 0 Å². The minimum absolute atomic E-state index is 0.0954. The normalized spacial score (nSPS) is 10.7. The number of thiophene rings is 1. The number of ether oxygens (including phenoxy) is 1. The average molecular weight is 400 g/mol. The number of hydrogen-bond acceptors (Lipinski definition) is 6. The zero-order valence-corrected chi connectivity index (χ0v) is 16.6. The first-order valence-corrected chi connectivity index (χ1v) is 9.38. The lowest BCUT2D eigenvalue weighted by atomic mass is 10.3. The Hall–Kier alpha value is -3.20. The van der Waals surface area contributed by atoms with Gasteiger partial charge in [0.1, 0.15) is 9.71 Å². The maximum atomic E-state index is 12.4. The second-order valence-corrected chi connectivity index (χ2v) is 7.19. The molecule has 0 radical (unpaired) electrons. The molecule has 0 aliphatic heterocycles. The van der Waals surface area contributed by atoms with Crippen molar-refractivity contribution in [3.63, 3.8) is 0 Å². The highest BCUT2D eigenvalue weighted by atomic mass is 32.1. The molecule has 0 unspecified atom stereocenters. The molecule has 146 valence electrons. The van der Waals surface area contributed by atoms with Crippen molar-refractivity contribution in [1.82, 2.24) is 20.0 Å². The number of nitrogens with one attached hydrogen (secondary N) is 1. The molecule has 0 spiro atoms. The second-order valence-electron chi connectivity index (χ2n) is 6.16. The van der Waals surface area contributed by atoms with Crippen molar-refractivity contribution < 1.29 is 19.1 Å². The fourth-order valence-corrected chi connectivity index (χ4v) is 3.66. The monoisotopic (exact) mass is 400 g/mol. The number of esters is 1. The number of carbonyl (C=O) groups is 3. The van der Waals surface area contributed by atoms with Crippen LogP contribution in [0.2, 0.25) is 0 Å². The number of amides is 2. The molecule has 3 rings (SSSR count). The van der Waals surface area contributed by atoms with Gasteiger partial charge in [-0.05, 0) is 25.1 Å². The van der Waals surface area contributed by atoms with E-state index in [-0.39, 0.29) is 12.5 Å². The zero-order valence-electron chi connectivity index (χ0n) is 15.8. The van der Waals surface area contributed by atoms with Crippen molar-refractivity contribution in [3.05, 3.63) is 47.0 Å². The Bertz CT molecular complexity index is 1030. The maximum Gasteiger partial charge on any atom is 0.348 e. The molecule has 2 aromatic heterocycles. The van der Waals surface area contributed by atoms with E-state index in [0.717, 1.165) is 21.6 Å². The molecule has 9 heteroatoms. The second kappa shape index (κ2) is 8.22. The largest absolute Gasteiger partial charge is 0.451 e. The first-order valence-electron chi connectivity index (χ1n) is 8.57. The minimum atomic E-state index is -0.582. The summed E-state index contributed by atoms with van der Waals surface area (Å²) in [5, 5.41) is 7.82. The van der Waals surface area contributed by atoms with Crippen molar-refractivity contribution in [2.45, 2.75) is 6.92 Å². The molecule has 28 heavy (non-hydrogen) atoms. The average Bonchev–Trinajstić information content (AvgIpc) is 3.27. The van der Waals surface area contributed by atoms with Crippen LogP contribution in [0.15, 0.2) is 36.4 Å². The number of rotatable bonds is 6. The van der Waals surface area contributed by atoms with Crippen LogP contribution in [0.4, 0.5) is 0 Å². The van der Waals surface area contributed by atoms with Crippen molar-refractivity contribution in [2.24, 2.45) is 0 Å². The Morgan fingerprint density at radius 1 is 1.25 bits per heavy atom. The van der Waals surface area contributed by atoms with Crippen molar-refractivity contribution in [1.29, 1.82) is 0 Å². The SMILES string of the molecule is CNC(=O)CN(C)C(=O)COC(=O)c1cc2c(C)nn(-c3ccccc3)c2s1. The van der Waals surface area contributed by atoms with Crippen LogP contribution < -0.4 is 5.32 Å². The molecular weight excluding hydrogens is 380 g/mol. The van der Waals surface area contributed by atoms with Crippen molar-refractivity contribution in [2.75, 3.05) is 27.2 Å². The third-order valence-electron chi connectivity index (χ3n) is 4.16. The molecule has 0 saturated heterocycles. The molecule has 2 amide bonds. The van der Waals surface area contributed by atoms with Crippen LogP contribution in [0.1, 0.15) is 15.4 Å². The fraction of sp³-hybridized carbons (Fsp3) is 0.263. The maximum absolute atomic E-state index is 12.4. The van der Waals surface area contributed by atoms with Gasteiger partial charge < -0.3 is 15.0 Å². The Morgan fingerprint density at radius 2 is 1.96 bits per heavy atom. The quantitative estimate of drug-likeness (QED) is 0.637. The van der Waals surface area contributed by atoms with Crippen LogP contribution >= 0.6 is 11.3 Å². The number of likely N-dealkylation sites (N-methyl/N-ethyl adjacent to an activating group) is 2. The third-order valence-corrected chi connectivity index (χ3v) is 5.25. The number of nitrogens with zero attached hydrogens (tertiary/aromatic N) is 3. The molecule has 2 heterocycles. The van der Waals surface area contributed by atoms with Gasteiger partial charge in [0.2, 0.25) is 5.91 Å². The van der Waals surface area contributed by atoms with Crippen molar-refractivity contribution >= 4 is 39.3 Å². The summed E-state index contributed by atoms with van der Waals surface area (Å²) < 4.78 is 6.92. The van der Waals surface area contributed by atoms with Gasteiger partial charge in [0.25, 0.3) is 5.91 Å². The van der Waals surface area contributed by atoms with Crippen molar-refractivity contribution in [3.8, 4) is 5.69 Å². The standard InChI is InChI=1S/C19H20N4O4S/c1-12-14-9-15(19(26)27-11-17(25)22(3)10-16(24)20-2)28-18(14)23(21-12)13-7-5-4-6-8-13/h4-9H,10-11H2,1-3H3,(H,20,24). The van der Waals surface area contributed by atoms with Crippen LogP contribution in [-0.4, -0.2) is 59.7 Å². The van der Waals surface area contributed by atoms with E-state index in [9.17, 15) is 14.4 Å². The van der Waals surface area contributed by atoms with Gasteiger partial charge in [-0.3, -0.25) is 9.59 Å². The first-order chi connectivity index (χ1) is 13.4. The summed E-state index contributed by atoms with van der Waals surface area (Å²) in [5.74, 6) is -1.33. The summed E-state index contributed by atoms with van der Waals surface area (Å²) in [4.78, 5) is 38.1. The summed E-state index contributed by atoms with van der Waals surface area (Å²) >= 11 is 1.26. The Morgan fingerprint density at radius 3 is 2.64 bits per heavy atom. The van der Waals surface area contributed by atoms with E-state index < -0.39 is 18.5 Å². The lowest BCUT2D eigenvalue weighted by Gasteiger charge is -2.15. The Balaban J connectivity index is 1.73. The molecule has 0 aliphatic rings. The number of carbonyl (C=O) groups excluding carboxylic acids is 3. The summed E-state index contributed by atoms with van der Waals surface area (Å²) in [7, 11) is 2.96. The van der Waals surface area contributed by atoms with E-state index in [1.807, 2.05) is 37.3 Å². The van der Waals surface area contributed by atoms with Crippen LogP contribution in [0.3, 0.4) is 0 Å². The van der Waals surface area contributed by atoms with Gasteiger partial charge in [0.05, 0.1) is 17.9 Å². The topological polar surface area (TPSA) is 93.5 Å². The molecule has 0 bridgehead atoms. The number of fused-ring (bicyclic) bond motifs is 1.